The first-order valence-corrected chi connectivity index (χ1v) is 8.55. The summed E-state index contributed by atoms with van der Waals surface area (Å²) in [5, 5.41) is 0. The highest BCUT2D eigenvalue weighted by Crippen LogP contribution is 2.55. The molecule has 0 aromatic heterocycles. The molecule has 2 aliphatic rings. The SMILES string of the molecule is CC(=O)CC(=O)N1c2ccccc2SC12CCCCCC2. The van der Waals surface area contributed by atoms with Crippen molar-refractivity contribution >= 4 is 29.1 Å². The number of Topliss-reactive ketones (excluding diaryl/α,β-unsaturated/α-hetero) is 1. The smallest absolute Gasteiger partial charge is 0.235 e. The van der Waals surface area contributed by atoms with E-state index in [1.54, 1.807) is 0 Å². The summed E-state index contributed by atoms with van der Waals surface area (Å²) in [4.78, 5) is 27.1. The second-order valence-corrected chi connectivity index (χ2v) is 7.44. The number of thioether (sulfide) groups is 1. The predicted octanol–water partition coefficient (Wildman–Crippen LogP) is 4.15. The first kappa shape index (κ1) is 14.6. The van der Waals surface area contributed by atoms with Gasteiger partial charge in [-0.05, 0) is 31.9 Å². The normalized spacial score (nSPS) is 20.1. The molecule has 1 amide bonds. The Morgan fingerprint density at radius 2 is 1.81 bits per heavy atom. The number of rotatable bonds is 2. The van der Waals surface area contributed by atoms with Gasteiger partial charge in [0, 0.05) is 4.90 Å². The first-order chi connectivity index (χ1) is 10.1. The van der Waals surface area contributed by atoms with E-state index < -0.39 is 0 Å². The fourth-order valence-electron chi connectivity index (χ4n) is 3.46. The van der Waals surface area contributed by atoms with Crippen LogP contribution in [-0.2, 0) is 9.59 Å². The summed E-state index contributed by atoms with van der Waals surface area (Å²) in [5.41, 5.74) is 0.996. The van der Waals surface area contributed by atoms with Crippen LogP contribution >= 0.6 is 11.8 Å². The highest BCUT2D eigenvalue weighted by Gasteiger charge is 2.47. The van der Waals surface area contributed by atoms with Crippen molar-refractivity contribution in [2.75, 3.05) is 4.90 Å². The number of carbonyl (C=O) groups is 2. The Labute approximate surface area is 130 Å². The van der Waals surface area contributed by atoms with Crippen LogP contribution in [0.3, 0.4) is 0 Å². The van der Waals surface area contributed by atoms with Crippen molar-refractivity contribution in [2.45, 2.75) is 61.6 Å². The third-order valence-electron chi connectivity index (χ3n) is 4.35. The molecule has 0 N–H and O–H groups in total. The molecule has 1 aromatic carbocycles. The van der Waals surface area contributed by atoms with Gasteiger partial charge >= 0.3 is 0 Å². The second kappa shape index (κ2) is 5.84. The van der Waals surface area contributed by atoms with Crippen LogP contribution in [0, 0.1) is 0 Å². The number of ketones is 1. The number of nitrogens with zero attached hydrogens (tertiary/aromatic N) is 1. The van der Waals surface area contributed by atoms with E-state index in [2.05, 4.69) is 6.07 Å². The quantitative estimate of drug-likeness (QED) is 0.770. The largest absolute Gasteiger partial charge is 0.299 e. The molecule has 0 unspecified atom stereocenters. The summed E-state index contributed by atoms with van der Waals surface area (Å²) in [6, 6.07) is 8.10. The van der Waals surface area contributed by atoms with Gasteiger partial charge in [0.25, 0.3) is 0 Å². The zero-order valence-electron chi connectivity index (χ0n) is 12.4. The minimum Gasteiger partial charge on any atom is -0.299 e. The lowest BCUT2D eigenvalue weighted by Gasteiger charge is -2.37. The molecule has 0 atom stereocenters. The molecule has 1 aromatic rings. The van der Waals surface area contributed by atoms with Gasteiger partial charge in [0.1, 0.15) is 5.78 Å². The van der Waals surface area contributed by atoms with Gasteiger partial charge in [0.15, 0.2) is 0 Å². The molecular formula is C17H21NO2S. The van der Waals surface area contributed by atoms with Crippen molar-refractivity contribution < 1.29 is 9.59 Å². The lowest BCUT2D eigenvalue weighted by Crippen LogP contribution is -2.47. The van der Waals surface area contributed by atoms with Crippen molar-refractivity contribution in [3.8, 4) is 0 Å². The van der Waals surface area contributed by atoms with Gasteiger partial charge in [-0.25, -0.2) is 0 Å². The lowest BCUT2D eigenvalue weighted by molar-refractivity contribution is -0.126. The Morgan fingerprint density at radius 3 is 2.48 bits per heavy atom. The fourth-order valence-corrected chi connectivity index (χ4v) is 5.06. The van der Waals surface area contributed by atoms with Gasteiger partial charge in [0.2, 0.25) is 5.91 Å². The van der Waals surface area contributed by atoms with Crippen LogP contribution in [0.2, 0.25) is 0 Å². The van der Waals surface area contributed by atoms with Crippen LogP contribution in [0.15, 0.2) is 29.2 Å². The second-order valence-electron chi connectivity index (χ2n) is 6.04. The van der Waals surface area contributed by atoms with E-state index in [1.165, 1.54) is 24.7 Å². The zero-order chi connectivity index (χ0) is 14.9. The molecular weight excluding hydrogens is 282 g/mol. The number of anilines is 1. The van der Waals surface area contributed by atoms with E-state index in [1.807, 2.05) is 34.9 Å². The average Bonchev–Trinajstić information content (AvgIpc) is 2.57. The van der Waals surface area contributed by atoms with Gasteiger partial charge in [0.05, 0.1) is 17.0 Å². The molecule has 1 heterocycles. The van der Waals surface area contributed by atoms with Crippen LogP contribution in [0.5, 0.6) is 0 Å². The van der Waals surface area contributed by atoms with E-state index in [4.69, 9.17) is 0 Å². The van der Waals surface area contributed by atoms with Gasteiger partial charge in [-0.1, -0.05) is 49.6 Å². The molecule has 1 aliphatic heterocycles. The molecule has 0 bridgehead atoms. The molecule has 1 saturated carbocycles. The highest BCUT2D eigenvalue weighted by atomic mass is 32.2. The number of hydrogen-bond acceptors (Lipinski definition) is 3. The third kappa shape index (κ3) is 2.73. The minimum absolute atomic E-state index is 0.0106. The molecule has 4 heteroatoms. The molecule has 0 saturated heterocycles. The van der Waals surface area contributed by atoms with E-state index in [9.17, 15) is 9.59 Å². The van der Waals surface area contributed by atoms with Crippen LogP contribution in [0.25, 0.3) is 0 Å². The van der Waals surface area contributed by atoms with Crippen molar-refractivity contribution in [3.63, 3.8) is 0 Å². The Bertz CT molecular complexity index is 562. The van der Waals surface area contributed by atoms with Crippen molar-refractivity contribution in [1.82, 2.24) is 0 Å². The highest BCUT2D eigenvalue weighted by molar-refractivity contribution is 8.01. The lowest BCUT2D eigenvalue weighted by atomic mass is 10.0. The monoisotopic (exact) mass is 303 g/mol. The van der Waals surface area contributed by atoms with E-state index in [-0.39, 0.29) is 23.0 Å². The maximum absolute atomic E-state index is 12.7. The van der Waals surface area contributed by atoms with Gasteiger partial charge in [-0.3, -0.25) is 14.5 Å². The summed E-state index contributed by atoms with van der Waals surface area (Å²) in [7, 11) is 0. The molecule has 112 valence electrons. The number of carbonyl (C=O) groups excluding carboxylic acids is 2. The van der Waals surface area contributed by atoms with E-state index in [0.717, 1.165) is 31.4 Å². The summed E-state index contributed by atoms with van der Waals surface area (Å²) in [5.74, 6) is -0.0972. The maximum Gasteiger partial charge on any atom is 0.235 e. The molecule has 1 fully saturated rings. The first-order valence-electron chi connectivity index (χ1n) is 7.73. The van der Waals surface area contributed by atoms with E-state index >= 15 is 0 Å². The van der Waals surface area contributed by atoms with Gasteiger partial charge in [-0.2, -0.15) is 0 Å². The predicted molar refractivity (Wildman–Crippen MR) is 85.5 cm³/mol. The van der Waals surface area contributed by atoms with Crippen LogP contribution < -0.4 is 4.90 Å². The molecule has 3 rings (SSSR count). The Balaban J connectivity index is 1.99. The molecule has 0 radical (unpaired) electrons. The van der Waals surface area contributed by atoms with Crippen LogP contribution in [-0.4, -0.2) is 16.6 Å². The summed E-state index contributed by atoms with van der Waals surface area (Å²) in [6.45, 7) is 1.49. The minimum atomic E-state index is -0.160. The average molecular weight is 303 g/mol. The Morgan fingerprint density at radius 1 is 1.14 bits per heavy atom. The number of para-hydroxylation sites is 1. The summed E-state index contributed by atoms with van der Waals surface area (Å²) in [6.07, 6.45) is 6.86. The van der Waals surface area contributed by atoms with Crippen LogP contribution in [0.1, 0.15) is 51.9 Å². The molecule has 21 heavy (non-hydrogen) atoms. The number of amides is 1. The van der Waals surface area contributed by atoms with Crippen LogP contribution in [0.4, 0.5) is 5.69 Å². The van der Waals surface area contributed by atoms with Crippen molar-refractivity contribution in [1.29, 1.82) is 0 Å². The number of benzene rings is 1. The molecule has 1 spiro atoms. The van der Waals surface area contributed by atoms with Crippen molar-refractivity contribution in [3.05, 3.63) is 24.3 Å². The molecule has 3 nitrogen and oxygen atoms in total. The Hall–Kier alpha value is -1.29. The van der Waals surface area contributed by atoms with Crippen molar-refractivity contribution in [2.24, 2.45) is 0 Å². The van der Waals surface area contributed by atoms with E-state index in [0.29, 0.717) is 0 Å². The molecule has 1 aliphatic carbocycles. The standard InChI is InChI=1S/C17H21NO2S/c1-13(19)12-16(20)18-14-8-4-5-9-15(14)21-17(18)10-6-2-3-7-11-17/h4-5,8-9H,2-3,6-7,10-12H2,1H3. The Kier molecular flexibility index (Phi) is 4.07. The van der Waals surface area contributed by atoms with Gasteiger partial charge in [-0.15, -0.1) is 0 Å². The number of hydrogen-bond donors (Lipinski definition) is 0. The van der Waals surface area contributed by atoms with Gasteiger partial charge < -0.3 is 0 Å². The summed E-state index contributed by atoms with van der Waals surface area (Å²) >= 11 is 1.83. The summed E-state index contributed by atoms with van der Waals surface area (Å²) < 4.78 is 0. The fraction of sp³-hybridized carbons (Fsp3) is 0.529. The topological polar surface area (TPSA) is 37.4 Å². The maximum atomic E-state index is 12.7. The zero-order valence-corrected chi connectivity index (χ0v) is 13.2. The third-order valence-corrected chi connectivity index (χ3v) is 5.88. The number of fused-ring (bicyclic) bond motifs is 1.